The quantitative estimate of drug-likeness (QED) is 0.546. The van der Waals surface area contributed by atoms with Gasteiger partial charge in [0.15, 0.2) is 0 Å². The maximum atomic E-state index is 12.7. The molecule has 1 N–H and O–H groups in total. The third-order valence-electron chi connectivity index (χ3n) is 4.85. The van der Waals surface area contributed by atoms with Crippen LogP contribution >= 0.6 is 0 Å². The molecule has 5 nitrogen and oxygen atoms in total. The van der Waals surface area contributed by atoms with Crippen LogP contribution in [0.3, 0.4) is 0 Å². The molecule has 2 aromatic rings. The van der Waals surface area contributed by atoms with Crippen LogP contribution in [0.5, 0.6) is 0 Å². The number of aryl methyl sites for hydroxylation is 1. The lowest BCUT2D eigenvalue weighted by Gasteiger charge is -2.15. The van der Waals surface area contributed by atoms with Crippen LogP contribution in [-0.4, -0.2) is 37.7 Å². The van der Waals surface area contributed by atoms with Crippen molar-refractivity contribution in [1.29, 1.82) is 0 Å². The lowest BCUT2D eigenvalue weighted by molar-refractivity contribution is -0.141. The van der Waals surface area contributed by atoms with Crippen LogP contribution in [0.2, 0.25) is 0 Å². The minimum absolute atomic E-state index is 0.0720. The molecule has 1 heterocycles. The van der Waals surface area contributed by atoms with Crippen molar-refractivity contribution >= 4 is 11.9 Å². The smallest absolute Gasteiger partial charge is 0.325 e. The van der Waals surface area contributed by atoms with Crippen molar-refractivity contribution in [2.45, 2.75) is 31.5 Å². The van der Waals surface area contributed by atoms with E-state index >= 15 is 0 Å². The van der Waals surface area contributed by atoms with Crippen LogP contribution in [-0.2, 0) is 31.9 Å². The van der Waals surface area contributed by atoms with E-state index in [9.17, 15) is 9.59 Å². The molecule has 0 aliphatic carbocycles. The molecule has 1 aliphatic heterocycles. The monoisotopic (exact) mass is 367 g/mol. The maximum Gasteiger partial charge on any atom is 0.325 e. The summed E-state index contributed by atoms with van der Waals surface area (Å²) in [5, 5.41) is 2.68. The van der Waals surface area contributed by atoms with Crippen molar-refractivity contribution < 1.29 is 19.1 Å². The fourth-order valence-corrected chi connectivity index (χ4v) is 3.28. The number of nitrogens with one attached hydrogen (secondary N) is 1. The molecule has 1 saturated heterocycles. The highest BCUT2D eigenvalue weighted by Crippen LogP contribution is 2.35. The van der Waals surface area contributed by atoms with Gasteiger partial charge in [0.25, 0.3) is 0 Å². The Balaban J connectivity index is 1.59. The van der Waals surface area contributed by atoms with Gasteiger partial charge < -0.3 is 14.8 Å². The standard InChI is InChI=1S/C22H25NO4/c1-26-20(24)15-23-22(25)18(14-17-10-6-3-7-11-17)21-19(27-21)13-12-16-8-4-2-5-9-16/h2-11,18-19,21H,12-15H2,1H3,(H,23,25)/t18-,19-,21-/m1/s1. The van der Waals surface area contributed by atoms with Gasteiger partial charge in [-0.25, -0.2) is 0 Å². The molecule has 1 fully saturated rings. The first-order chi connectivity index (χ1) is 13.2. The molecule has 27 heavy (non-hydrogen) atoms. The summed E-state index contributed by atoms with van der Waals surface area (Å²) in [6, 6.07) is 20.1. The van der Waals surface area contributed by atoms with Gasteiger partial charge in [-0.2, -0.15) is 0 Å². The summed E-state index contributed by atoms with van der Waals surface area (Å²) in [4.78, 5) is 24.0. The number of rotatable bonds is 9. The maximum absolute atomic E-state index is 12.7. The molecular weight excluding hydrogens is 342 g/mol. The summed E-state index contributed by atoms with van der Waals surface area (Å²) in [6.45, 7) is -0.123. The lowest BCUT2D eigenvalue weighted by atomic mass is 9.92. The molecule has 0 spiro atoms. The predicted octanol–water partition coefficient (Wildman–Crippen LogP) is 2.53. The zero-order valence-electron chi connectivity index (χ0n) is 15.5. The number of carbonyl (C=O) groups excluding carboxylic acids is 2. The summed E-state index contributed by atoms with van der Waals surface area (Å²) < 4.78 is 10.4. The zero-order chi connectivity index (χ0) is 19.1. The van der Waals surface area contributed by atoms with E-state index in [1.54, 1.807) is 0 Å². The Labute approximate surface area is 159 Å². The van der Waals surface area contributed by atoms with Gasteiger partial charge >= 0.3 is 5.97 Å². The zero-order valence-corrected chi connectivity index (χ0v) is 15.5. The van der Waals surface area contributed by atoms with Gasteiger partial charge in [0.05, 0.1) is 25.2 Å². The highest BCUT2D eigenvalue weighted by atomic mass is 16.6. The number of carbonyl (C=O) groups is 2. The number of ether oxygens (including phenoxy) is 2. The minimum atomic E-state index is -0.459. The van der Waals surface area contributed by atoms with E-state index in [-0.39, 0.29) is 30.6 Å². The SMILES string of the molecule is COC(=O)CNC(=O)[C@H](Cc1ccccc1)[C@H]1O[C@@H]1CCc1ccccc1. The summed E-state index contributed by atoms with van der Waals surface area (Å²) in [7, 11) is 1.31. The lowest BCUT2D eigenvalue weighted by Crippen LogP contribution is -2.38. The number of benzene rings is 2. The molecule has 2 aromatic carbocycles. The van der Waals surface area contributed by atoms with Gasteiger partial charge in [0, 0.05) is 0 Å². The molecular formula is C22H25NO4. The summed E-state index contributed by atoms with van der Waals surface area (Å²) in [5.41, 5.74) is 2.34. The van der Waals surface area contributed by atoms with Gasteiger partial charge in [-0.3, -0.25) is 9.59 Å². The number of methoxy groups -OCH3 is 1. The Morgan fingerprint density at radius 1 is 1.04 bits per heavy atom. The second kappa shape index (κ2) is 9.33. The fourth-order valence-electron chi connectivity index (χ4n) is 3.28. The number of hydrogen-bond donors (Lipinski definition) is 1. The molecule has 1 aliphatic rings. The molecule has 0 bridgehead atoms. The number of hydrogen-bond acceptors (Lipinski definition) is 4. The van der Waals surface area contributed by atoms with E-state index < -0.39 is 5.97 Å². The van der Waals surface area contributed by atoms with E-state index in [1.165, 1.54) is 12.7 Å². The van der Waals surface area contributed by atoms with Gasteiger partial charge in [-0.1, -0.05) is 60.7 Å². The van der Waals surface area contributed by atoms with Crippen molar-refractivity contribution in [3.63, 3.8) is 0 Å². The summed E-state index contributed by atoms with van der Waals surface area (Å²) >= 11 is 0. The van der Waals surface area contributed by atoms with E-state index in [0.29, 0.717) is 6.42 Å². The highest BCUT2D eigenvalue weighted by Gasteiger charge is 2.47. The molecule has 0 radical (unpaired) electrons. The Hall–Kier alpha value is -2.66. The van der Waals surface area contributed by atoms with Crippen LogP contribution < -0.4 is 5.32 Å². The first-order valence-corrected chi connectivity index (χ1v) is 9.25. The third kappa shape index (κ3) is 5.66. The Morgan fingerprint density at radius 2 is 1.67 bits per heavy atom. The number of esters is 1. The predicted molar refractivity (Wildman–Crippen MR) is 102 cm³/mol. The summed E-state index contributed by atoms with van der Waals surface area (Å²) in [6.07, 6.45) is 2.34. The van der Waals surface area contributed by atoms with Crippen LogP contribution in [0.25, 0.3) is 0 Å². The Kier molecular flexibility index (Phi) is 6.60. The van der Waals surface area contributed by atoms with Gasteiger partial charge in [-0.15, -0.1) is 0 Å². The van der Waals surface area contributed by atoms with Crippen molar-refractivity contribution in [2.75, 3.05) is 13.7 Å². The third-order valence-corrected chi connectivity index (χ3v) is 4.85. The van der Waals surface area contributed by atoms with Crippen LogP contribution in [0.4, 0.5) is 0 Å². The molecule has 0 saturated carbocycles. The topological polar surface area (TPSA) is 67.9 Å². The van der Waals surface area contributed by atoms with Crippen molar-refractivity contribution in [2.24, 2.45) is 5.92 Å². The van der Waals surface area contributed by atoms with Crippen molar-refractivity contribution in [3.8, 4) is 0 Å². The normalized spacial score (nSPS) is 19.1. The van der Waals surface area contributed by atoms with Crippen molar-refractivity contribution in [3.05, 3.63) is 71.8 Å². The minimum Gasteiger partial charge on any atom is -0.468 e. The molecule has 5 heteroatoms. The first kappa shape index (κ1) is 19.1. The second-order valence-corrected chi connectivity index (χ2v) is 6.75. The average Bonchev–Trinajstić information content (AvgIpc) is 3.49. The average molecular weight is 367 g/mol. The Bertz CT molecular complexity index is 747. The first-order valence-electron chi connectivity index (χ1n) is 9.25. The molecule has 0 aromatic heterocycles. The molecule has 1 amide bonds. The van der Waals surface area contributed by atoms with E-state index in [1.807, 2.05) is 48.5 Å². The molecule has 0 unspecified atom stereocenters. The van der Waals surface area contributed by atoms with E-state index in [0.717, 1.165) is 18.4 Å². The molecule has 3 rings (SSSR count). The van der Waals surface area contributed by atoms with Gasteiger partial charge in [0.2, 0.25) is 5.91 Å². The largest absolute Gasteiger partial charge is 0.468 e. The van der Waals surface area contributed by atoms with Crippen LogP contribution in [0.15, 0.2) is 60.7 Å². The summed E-state index contributed by atoms with van der Waals surface area (Å²) in [5.74, 6) is -0.951. The highest BCUT2D eigenvalue weighted by molar-refractivity contribution is 5.84. The van der Waals surface area contributed by atoms with Crippen molar-refractivity contribution in [1.82, 2.24) is 5.32 Å². The van der Waals surface area contributed by atoms with Gasteiger partial charge in [-0.05, 0) is 30.4 Å². The number of amides is 1. The van der Waals surface area contributed by atoms with Crippen LogP contribution in [0, 0.1) is 5.92 Å². The molecule has 3 atom stereocenters. The van der Waals surface area contributed by atoms with E-state index in [2.05, 4.69) is 22.2 Å². The van der Waals surface area contributed by atoms with Crippen LogP contribution in [0.1, 0.15) is 17.5 Å². The second-order valence-electron chi connectivity index (χ2n) is 6.75. The van der Waals surface area contributed by atoms with Gasteiger partial charge in [0.1, 0.15) is 6.54 Å². The number of epoxide rings is 1. The molecule has 142 valence electrons. The fraction of sp³-hybridized carbons (Fsp3) is 0.364. The Morgan fingerprint density at radius 3 is 2.30 bits per heavy atom. The van der Waals surface area contributed by atoms with E-state index in [4.69, 9.17) is 4.74 Å².